The molecule has 0 aromatic carbocycles. The van der Waals surface area contributed by atoms with Crippen molar-refractivity contribution in [2.75, 3.05) is 19.6 Å². The Bertz CT molecular complexity index is 261. The number of piperidine rings is 1. The molecule has 1 saturated heterocycles. The molecule has 0 radical (unpaired) electrons. The van der Waals surface area contributed by atoms with E-state index in [0.29, 0.717) is 18.9 Å². The molecule has 1 amide bonds. The Labute approximate surface area is 96.9 Å². The summed E-state index contributed by atoms with van der Waals surface area (Å²) in [7, 11) is 0. The van der Waals surface area contributed by atoms with Gasteiger partial charge < -0.3 is 16.4 Å². The summed E-state index contributed by atoms with van der Waals surface area (Å²) in [6.45, 7) is 4.35. The molecule has 0 saturated carbocycles. The summed E-state index contributed by atoms with van der Waals surface area (Å²) in [5, 5.41) is 0. The molecule has 92 valence electrons. The summed E-state index contributed by atoms with van der Waals surface area (Å²) in [4.78, 5) is 17.7. The molecule has 1 aliphatic heterocycles. The van der Waals surface area contributed by atoms with Gasteiger partial charge in [0.1, 0.15) is 0 Å². The Morgan fingerprint density at radius 3 is 2.88 bits per heavy atom. The van der Waals surface area contributed by atoms with Gasteiger partial charge in [0.25, 0.3) is 0 Å². The van der Waals surface area contributed by atoms with Gasteiger partial charge in [-0.15, -0.1) is 0 Å². The molecule has 1 heterocycles. The van der Waals surface area contributed by atoms with Crippen LogP contribution in [0.25, 0.3) is 0 Å². The minimum Gasteiger partial charge on any atom is -0.370 e. The Morgan fingerprint density at radius 2 is 2.25 bits per heavy atom. The lowest BCUT2D eigenvalue weighted by Crippen LogP contribution is -2.41. The van der Waals surface area contributed by atoms with Crippen molar-refractivity contribution in [1.29, 1.82) is 0 Å². The number of hydrogen-bond donors (Lipinski definition) is 2. The van der Waals surface area contributed by atoms with Crippen molar-refractivity contribution in [2.45, 2.75) is 32.6 Å². The topological polar surface area (TPSA) is 84.7 Å². The highest BCUT2D eigenvalue weighted by atomic mass is 16.2. The van der Waals surface area contributed by atoms with Gasteiger partial charge in [0, 0.05) is 26.1 Å². The zero-order valence-electron chi connectivity index (χ0n) is 9.98. The first-order valence-electron chi connectivity index (χ1n) is 5.96. The number of nitrogens with two attached hydrogens (primary N) is 2. The van der Waals surface area contributed by atoms with Crippen molar-refractivity contribution >= 4 is 11.9 Å². The zero-order chi connectivity index (χ0) is 12.0. The van der Waals surface area contributed by atoms with Gasteiger partial charge in [-0.2, -0.15) is 0 Å². The highest BCUT2D eigenvalue weighted by molar-refractivity contribution is 5.76. The van der Waals surface area contributed by atoms with E-state index < -0.39 is 0 Å². The van der Waals surface area contributed by atoms with Gasteiger partial charge in [0.15, 0.2) is 5.96 Å². The summed E-state index contributed by atoms with van der Waals surface area (Å²) in [5.41, 5.74) is 10.6. The monoisotopic (exact) mass is 226 g/mol. The largest absolute Gasteiger partial charge is 0.370 e. The van der Waals surface area contributed by atoms with Crippen molar-refractivity contribution in [3.05, 3.63) is 0 Å². The fourth-order valence-corrected chi connectivity index (χ4v) is 2.05. The SMILES string of the molecule is CCCC(=O)N1CCCC(CN=C(N)N)C1. The maximum absolute atomic E-state index is 11.7. The van der Waals surface area contributed by atoms with Crippen LogP contribution in [0.3, 0.4) is 0 Å². The lowest BCUT2D eigenvalue weighted by molar-refractivity contribution is -0.132. The third kappa shape index (κ3) is 4.08. The van der Waals surface area contributed by atoms with Crippen LogP contribution in [-0.2, 0) is 4.79 Å². The predicted octanol–water partition coefficient (Wildman–Crippen LogP) is 0.299. The van der Waals surface area contributed by atoms with E-state index in [-0.39, 0.29) is 11.9 Å². The Kier molecular flexibility index (Phi) is 5.08. The predicted molar refractivity (Wildman–Crippen MR) is 64.9 cm³/mol. The maximum Gasteiger partial charge on any atom is 0.222 e. The van der Waals surface area contributed by atoms with Gasteiger partial charge in [-0.05, 0) is 25.2 Å². The number of rotatable bonds is 4. The normalized spacial score (nSPS) is 20.6. The van der Waals surface area contributed by atoms with E-state index >= 15 is 0 Å². The fraction of sp³-hybridized carbons (Fsp3) is 0.818. The first kappa shape index (κ1) is 12.8. The fourth-order valence-electron chi connectivity index (χ4n) is 2.05. The molecule has 0 bridgehead atoms. The minimum atomic E-state index is 0.136. The van der Waals surface area contributed by atoms with Crippen LogP contribution in [0.1, 0.15) is 32.6 Å². The van der Waals surface area contributed by atoms with E-state index in [4.69, 9.17) is 11.5 Å². The van der Waals surface area contributed by atoms with Crippen LogP contribution in [0.4, 0.5) is 0 Å². The van der Waals surface area contributed by atoms with E-state index in [2.05, 4.69) is 4.99 Å². The quantitative estimate of drug-likeness (QED) is 0.534. The molecular formula is C11H22N4O. The lowest BCUT2D eigenvalue weighted by atomic mass is 9.98. The summed E-state index contributed by atoms with van der Waals surface area (Å²) in [5.74, 6) is 0.811. The summed E-state index contributed by atoms with van der Waals surface area (Å²) in [6.07, 6.45) is 3.72. The van der Waals surface area contributed by atoms with E-state index in [1.807, 2.05) is 11.8 Å². The van der Waals surface area contributed by atoms with Crippen LogP contribution >= 0.6 is 0 Å². The number of hydrogen-bond acceptors (Lipinski definition) is 2. The molecule has 1 atom stereocenters. The number of nitrogens with zero attached hydrogens (tertiary/aromatic N) is 2. The zero-order valence-corrected chi connectivity index (χ0v) is 9.98. The van der Waals surface area contributed by atoms with Crippen molar-refractivity contribution in [3.8, 4) is 0 Å². The third-order valence-electron chi connectivity index (χ3n) is 2.87. The smallest absolute Gasteiger partial charge is 0.222 e. The summed E-state index contributed by atoms with van der Waals surface area (Å²) < 4.78 is 0. The van der Waals surface area contributed by atoms with Crippen molar-refractivity contribution in [3.63, 3.8) is 0 Å². The number of amides is 1. The van der Waals surface area contributed by atoms with Crippen LogP contribution in [-0.4, -0.2) is 36.4 Å². The molecule has 5 heteroatoms. The van der Waals surface area contributed by atoms with Crippen LogP contribution < -0.4 is 11.5 Å². The Morgan fingerprint density at radius 1 is 1.50 bits per heavy atom. The molecule has 16 heavy (non-hydrogen) atoms. The second kappa shape index (κ2) is 6.35. The molecule has 0 aromatic rings. The molecule has 0 spiro atoms. The van der Waals surface area contributed by atoms with Gasteiger partial charge >= 0.3 is 0 Å². The Balaban J connectivity index is 2.40. The number of aliphatic imine (C=N–C) groups is 1. The van der Waals surface area contributed by atoms with Crippen molar-refractivity contribution in [2.24, 2.45) is 22.4 Å². The van der Waals surface area contributed by atoms with Crippen molar-refractivity contribution in [1.82, 2.24) is 4.90 Å². The van der Waals surface area contributed by atoms with Gasteiger partial charge in [-0.1, -0.05) is 6.92 Å². The average Bonchev–Trinajstić information content (AvgIpc) is 2.27. The number of carbonyl (C=O) groups is 1. The van der Waals surface area contributed by atoms with Gasteiger partial charge in [0.2, 0.25) is 5.91 Å². The summed E-state index contributed by atoms with van der Waals surface area (Å²) >= 11 is 0. The third-order valence-corrected chi connectivity index (χ3v) is 2.87. The average molecular weight is 226 g/mol. The number of likely N-dealkylation sites (tertiary alicyclic amines) is 1. The molecule has 1 fully saturated rings. The molecule has 0 aromatic heterocycles. The number of carbonyl (C=O) groups excluding carboxylic acids is 1. The highest BCUT2D eigenvalue weighted by Crippen LogP contribution is 2.17. The van der Waals surface area contributed by atoms with Crippen LogP contribution in [0, 0.1) is 5.92 Å². The van der Waals surface area contributed by atoms with E-state index in [0.717, 1.165) is 32.4 Å². The van der Waals surface area contributed by atoms with Crippen LogP contribution in [0.2, 0.25) is 0 Å². The van der Waals surface area contributed by atoms with Crippen molar-refractivity contribution < 1.29 is 4.79 Å². The van der Waals surface area contributed by atoms with Gasteiger partial charge in [-0.25, -0.2) is 0 Å². The van der Waals surface area contributed by atoms with E-state index in [1.54, 1.807) is 0 Å². The molecule has 1 rings (SSSR count). The molecule has 4 N–H and O–H groups in total. The molecule has 5 nitrogen and oxygen atoms in total. The molecule has 1 aliphatic rings. The molecule has 1 unspecified atom stereocenters. The first-order valence-corrected chi connectivity index (χ1v) is 5.96. The van der Waals surface area contributed by atoms with Gasteiger partial charge in [0.05, 0.1) is 0 Å². The van der Waals surface area contributed by atoms with Gasteiger partial charge in [-0.3, -0.25) is 9.79 Å². The lowest BCUT2D eigenvalue weighted by Gasteiger charge is -2.32. The highest BCUT2D eigenvalue weighted by Gasteiger charge is 2.22. The standard InChI is InChI=1S/C11H22N4O/c1-2-4-10(16)15-6-3-5-9(8-15)7-14-11(12)13/h9H,2-8H2,1H3,(H4,12,13,14). The Hall–Kier alpha value is -1.26. The molecule has 0 aliphatic carbocycles. The maximum atomic E-state index is 11.7. The number of guanidine groups is 1. The second-order valence-electron chi connectivity index (χ2n) is 4.36. The summed E-state index contributed by atoms with van der Waals surface area (Å²) in [6, 6.07) is 0. The first-order chi connectivity index (χ1) is 7.63. The minimum absolute atomic E-state index is 0.136. The van der Waals surface area contributed by atoms with E-state index in [1.165, 1.54) is 0 Å². The second-order valence-corrected chi connectivity index (χ2v) is 4.36. The molecular weight excluding hydrogens is 204 g/mol. The van der Waals surface area contributed by atoms with Crippen LogP contribution in [0.5, 0.6) is 0 Å². The van der Waals surface area contributed by atoms with E-state index in [9.17, 15) is 4.79 Å². The van der Waals surface area contributed by atoms with Crippen LogP contribution in [0.15, 0.2) is 4.99 Å².